The predicted octanol–water partition coefficient (Wildman–Crippen LogP) is 16.5. The molecule has 15 nitrogen and oxygen atoms in total. The number of carbonyl (C=O) groups excluding carboxylic acids is 2. The van der Waals surface area contributed by atoms with Crippen LogP contribution in [-0.2, 0) is 0 Å². The molecule has 476 valence electrons. The van der Waals surface area contributed by atoms with Crippen LogP contribution in [0, 0.1) is 52.1 Å². The summed E-state index contributed by atoms with van der Waals surface area (Å²) < 4.78 is 45.8. The van der Waals surface area contributed by atoms with E-state index in [1.54, 1.807) is 116 Å². The zero-order valence-electron chi connectivity index (χ0n) is 52.9. The molecule has 14 rings (SSSR count). The monoisotopic (exact) mass is 1290 g/mol. The Morgan fingerprint density at radius 2 is 0.726 bits per heavy atom. The molecule has 1 amide bonds. The first-order chi connectivity index (χ1) is 46.0. The van der Waals surface area contributed by atoms with Crippen LogP contribution in [0.25, 0.3) is 84.1 Å². The molecule has 0 unspecified atom stereocenters. The van der Waals surface area contributed by atoms with E-state index in [2.05, 4.69) is 79.1 Å². The summed E-state index contributed by atoms with van der Waals surface area (Å²) >= 11 is 5.63. The number of rotatable bonds is 9. The van der Waals surface area contributed by atoms with Crippen LogP contribution in [0.2, 0.25) is 0 Å². The van der Waals surface area contributed by atoms with Crippen LogP contribution >= 0.6 is 11.6 Å². The maximum Gasteiger partial charge on any atom is 0.354 e. The zero-order chi connectivity index (χ0) is 67.7. The molecule has 14 aromatic rings. The van der Waals surface area contributed by atoms with Crippen LogP contribution in [0.1, 0.15) is 59.3 Å². The normalized spacial score (nSPS) is 10.5. The second-order valence-electron chi connectivity index (χ2n) is 21.4. The average Bonchev–Trinajstić information content (AvgIpc) is 1.91. The number of aromatic carboxylic acids is 1. The third-order valence-electron chi connectivity index (χ3n) is 14.9. The van der Waals surface area contributed by atoms with E-state index in [1.807, 2.05) is 109 Å². The van der Waals surface area contributed by atoms with Crippen LogP contribution in [0.4, 0.5) is 13.2 Å². The number of hydrogen-bond donors (Lipinski definition) is 3. The van der Waals surface area contributed by atoms with Crippen molar-refractivity contribution in [2.75, 3.05) is 14.1 Å². The summed E-state index contributed by atoms with van der Waals surface area (Å²) in [6.45, 7) is 9.32. The van der Waals surface area contributed by atoms with E-state index in [0.29, 0.717) is 50.7 Å². The van der Waals surface area contributed by atoms with Gasteiger partial charge < -0.3 is 16.2 Å². The first-order valence-electron chi connectivity index (χ1n) is 29.8. The number of carboxylic acid groups (broad SMARTS) is 1. The van der Waals surface area contributed by atoms with Gasteiger partial charge in [0.25, 0.3) is 11.1 Å². The standard InChI is InChI=1S/C21H17FN4O.C20H13ClFN3O.C20H14FN3O2.2C7H8.CH5N/c1-13-10-14(5-7-17(13)22)20-16(4-3-9-24-20)15-6-8-19-25-11-18(21(27)23-2)26(19)12-15;1-12-9-13(4-6-16(12)22)19-15(3-2-8-23-19)14-5-7-18-24-10-17(20(21)26)25(18)11-14;1-12-9-13(4-6-16(12)21)19-15(3-2-8-22-19)14-5-7-18-23-10-17(20(25)26)24(18)11-14;2*1-7-5-3-2-4-6-7;1-2/h3-12H,1-2H3,(H,23,27);2-11H,1H3;2-11H,1H3,(H,25,26);2*2-6H,1H3;2H2,1H3. The van der Waals surface area contributed by atoms with E-state index < -0.39 is 11.2 Å². The van der Waals surface area contributed by atoms with E-state index in [1.165, 1.54) is 53.2 Å². The third-order valence-corrected chi connectivity index (χ3v) is 15.1. The molecule has 19 heteroatoms. The van der Waals surface area contributed by atoms with Gasteiger partial charge in [-0.1, -0.05) is 90.0 Å². The highest BCUT2D eigenvalue weighted by Gasteiger charge is 2.18. The van der Waals surface area contributed by atoms with Gasteiger partial charge in [-0.05, 0) is 179 Å². The number of halogens is 4. The van der Waals surface area contributed by atoms with Crippen LogP contribution in [0.15, 0.2) is 244 Å². The molecule has 9 heterocycles. The summed E-state index contributed by atoms with van der Waals surface area (Å²) in [6, 6.07) is 57.7. The number of imidazole rings is 3. The number of carbonyl (C=O) groups is 3. The van der Waals surface area contributed by atoms with Crippen LogP contribution in [-0.4, -0.2) is 79.4 Å². The molecule has 0 spiro atoms. The molecular formula is C76H65ClF3N11O4. The van der Waals surface area contributed by atoms with E-state index in [9.17, 15) is 32.7 Å². The fourth-order valence-electron chi connectivity index (χ4n) is 10.1. The first kappa shape index (κ1) is 67.7. The second kappa shape index (κ2) is 31.5. The average molecular weight is 1290 g/mol. The van der Waals surface area contributed by atoms with Gasteiger partial charge >= 0.3 is 5.97 Å². The molecule has 0 saturated carbocycles. The molecule has 95 heavy (non-hydrogen) atoms. The van der Waals surface area contributed by atoms with Gasteiger partial charge in [0.1, 0.15) is 45.8 Å². The number of aryl methyl sites for hydroxylation is 5. The Bertz CT molecular complexity index is 4800. The molecule has 0 radical (unpaired) electrons. The Labute approximate surface area is 551 Å². The summed E-state index contributed by atoms with van der Waals surface area (Å²) in [5, 5.41) is 11.4. The molecule has 0 aliphatic carbocycles. The van der Waals surface area contributed by atoms with E-state index in [-0.39, 0.29) is 29.1 Å². The summed E-state index contributed by atoms with van der Waals surface area (Å²) in [6.07, 6.45) is 14.8. The molecule has 4 N–H and O–H groups in total. The van der Waals surface area contributed by atoms with E-state index >= 15 is 0 Å². The minimum Gasteiger partial charge on any atom is -0.477 e. The quantitative estimate of drug-likeness (QED) is 0.116. The molecule has 0 aliphatic heterocycles. The van der Waals surface area contributed by atoms with Crippen molar-refractivity contribution in [3.8, 4) is 67.2 Å². The molecule has 0 saturated heterocycles. The lowest BCUT2D eigenvalue weighted by Crippen LogP contribution is -2.19. The Morgan fingerprint density at radius 1 is 0.411 bits per heavy atom. The largest absolute Gasteiger partial charge is 0.477 e. The smallest absolute Gasteiger partial charge is 0.354 e. The number of nitrogens with one attached hydrogen (secondary N) is 1. The zero-order valence-corrected chi connectivity index (χ0v) is 53.6. The van der Waals surface area contributed by atoms with Crippen molar-refractivity contribution < 1.29 is 32.7 Å². The van der Waals surface area contributed by atoms with Crippen molar-refractivity contribution in [1.29, 1.82) is 0 Å². The lowest BCUT2D eigenvalue weighted by molar-refractivity contribution is 0.0688. The highest BCUT2D eigenvalue weighted by molar-refractivity contribution is 6.67. The fraction of sp³-hybridized carbons (Fsp3) is 0.0921. The molecular weight excluding hydrogens is 1220 g/mol. The van der Waals surface area contributed by atoms with Gasteiger partial charge in [0, 0.05) is 94.3 Å². The number of carboxylic acids is 1. The van der Waals surface area contributed by atoms with Crippen molar-refractivity contribution in [1.82, 2.24) is 48.4 Å². The Hall–Kier alpha value is -11.7. The Kier molecular flexibility index (Phi) is 22.5. The van der Waals surface area contributed by atoms with Crippen molar-refractivity contribution >= 4 is 45.7 Å². The lowest BCUT2D eigenvalue weighted by atomic mass is 9.99. The van der Waals surface area contributed by atoms with Crippen LogP contribution in [0.3, 0.4) is 0 Å². The maximum atomic E-state index is 13.7. The number of aromatic nitrogens is 9. The number of nitrogens with zero attached hydrogens (tertiary/aromatic N) is 9. The third kappa shape index (κ3) is 16.3. The number of fused-ring (bicyclic) bond motifs is 3. The molecule has 9 aromatic heterocycles. The van der Waals surface area contributed by atoms with Gasteiger partial charge in [-0.25, -0.2) is 32.9 Å². The van der Waals surface area contributed by atoms with E-state index in [4.69, 9.17) is 11.6 Å². The van der Waals surface area contributed by atoms with Gasteiger partial charge in [-0.3, -0.25) is 37.7 Å². The molecule has 0 fully saturated rings. The highest BCUT2D eigenvalue weighted by atomic mass is 35.5. The Balaban J connectivity index is 0.000000150. The van der Waals surface area contributed by atoms with Crippen molar-refractivity contribution in [3.63, 3.8) is 0 Å². The second-order valence-corrected chi connectivity index (χ2v) is 21.8. The summed E-state index contributed by atoms with van der Waals surface area (Å²) in [7, 11) is 3.08. The SMILES string of the molecule is CN.CNC(=O)c1cnc2ccc(-c3cccnc3-c3ccc(F)c(C)c3)cn12.Cc1cc(-c2ncccc2-c2ccc3ncc(C(=O)Cl)n3c2)ccc1F.Cc1cc(-c2ncccc2-c2ccc3ncc(C(=O)O)n3c2)ccc1F.Cc1ccccc1.Cc1ccccc1. The van der Waals surface area contributed by atoms with Crippen molar-refractivity contribution in [2.45, 2.75) is 34.6 Å². The predicted molar refractivity (Wildman–Crippen MR) is 369 cm³/mol. The molecule has 0 atom stereocenters. The Morgan fingerprint density at radius 3 is 1.03 bits per heavy atom. The lowest BCUT2D eigenvalue weighted by Gasteiger charge is -2.11. The van der Waals surface area contributed by atoms with Gasteiger partial charge in [-0.15, -0.1) is 0 Å². The summed E-state index contributed by atoms with van der Waals surface area (Å²) in [5.41, 5.74) is 21.2. The van der Waals surface area contributed by atoms with Gasteiger partial charge in [0.15, 0.2) is 5.69 Å². The number of amides is 1. The molecule has 0 bridgehead atoms. The number of nitrogens with two attached hydrogens (primary N) is 1. The number of hydrogen-bond acceptors (Lipinski definition) is 10. The molecule has 5 aromatic carbocycles. The maximum absolute atomic E-state index is 13.7. The minimum atomic E-state index is -1.05. The highest BCUT2D eigenvalue weighted by Crippen LogP contribution is 2.35. The first-order valence-corrected chi connectivity index (χ1v) is 30.2. The van der Waals surface area contributed by atoms with Gasteiger partial charge in [-0.2, -0.15) is 0 Å². The van der Waals surface area contributed by atoms with Gasteiger partial charge in [0.2, 0.25) is 0 Å². The summed E-state index contributed by atoms with van der Waals surface area (Å²) in [4.78, 5) is 61.0. The minimum absolute atomic E-state index is 0.0879. The van der Waals surface area contributed by atoms with Crippen LogP contribution < -0.4 is 11.1 Å². The fourth-order valence-corrected chi connectivity index (χ4v) is 10.2. The van der Waals surface area contributed by atoms with Gasteiger partial charge in [0.05, 0.1) is 35.7 Å². The van der Waals surface area contributed by atoms with Crippen molar-refractivity contribution in [3.05, 3.63) is 306 Å². The summed E-state index contributed by atoms with van der Waals surface area (Å²) in [5.74, 6) is -2.02. The van der Waals surface area contributed by atoms with Crippen LogP contribution in [0.5, 0.6) is 0 Å². The number of benzene rings is 5. The van der Waals surface area contributed by atoms with Crippen molar-refractivity contribution in [2.24, 2.45) is 5.73 Å². The van der Waals surface area contributed by atoms with E-state index in [0.717, 1.165) is 61.5 Å². The number of pyridine rings is 6. The molecule has 0 aliphatic rings. The topological polar surface area (TPSA) is 200 Å².